The van der Waals surface area contributed by atoms with Crippen LogP contribution >= 0.6 is 11.6 Å². The van der Waals surface area contributed by atoms with E-state index in [0.717, 1.165) is 30.5 Å². The lowest BCUT2D eigenvalue weighted by Crippen LogP contribution is -2.23. The summed E-state index contributed by atoms with van der Waals surface area (Å²) in [6.07, 6.45) is 4.99. The highest BCUT2D eigenvalue weighted by Crippen LogP contribution is 2.57. The molecule has 0 aliphatic heterocycles. The summed E-state index contributed by atoms with van der Waals surface area (Å²) < 4.78 is 1.88. The van der Waals surface area contributed by atoms with E-state index in [9.17, 15) is 4.79 Å². The predicted octanol–water partition coefficient (Wildman–Crippen LogP) is 2.97. The Hall–Kier alpha value is -2.19. The highest BCUT2D eigenvalue weighted by Gasteiger charge is 2.47. The van der Waals surface area contributed by atoms with Crippen LogP contribution in [0, 0.1) is 30.1 Å². The quantitative estimate of drug-likeness (QED) is 0.850. The summed E-state index contributed by atoms with van der Waals surface area (Å²) in [5.41, 5.74) is 0.777. The van der Waals surface area contributed by atoms with Crippen LogP contribution in [0.3, 0.4) is 0 Å². The summed E-state index contributed by atoms with van der Waals surface area (Å²) in [6.45, 7) is 1.81. The number of aromatic nitrogens is 3. The lowest BCUT2D eigenvalue weighted by Gasteiger charge is -2.20. The molecule has 2 aromatic rings. The third kappa shape index (κ3) is 2.34. The summed E-state index contributed by atoms with van der Waals surface area (Å²) >= 11 is 6.13. The van der Waals surface area contributed by atoms with Gasteiger partial charge in [-0.1, -0.05) is 11.6 Å². The van der Waals surface area contributed by atoms with Crippen LogP contribution in [0.25, 0.3) is 5.82 Å². The number of halogens is 1. The zero-order valence-corrected chi connectivity index (χ0v) is 13.4. The summed E-state index contributed by atoms with van der Waals surface area (Å²) in [4.78, 5) is 20.7. The highest BCUT2D eigenvalue weighted by atomic mass is 35.5. The van der Waals surface area contributed by atoms with E-state index >= 15 is 0 Å². The van der Waals surface area contributed by atoms with E-state index in [1.807, 2.05) is 11.5 Å². The molecule has 2 atom stereocenters. The summed E-state index contributed by atoms with van der Waals surface area (Å²) in [7, 11) is 0. The van der Waals surface area contributed by atoms with Gasteiger partial charge < -0.3 is 0 Å². The SMILES string of the molecule is Cc1c(Cl)c(=O)nc(C2CC3CC3C2)n1-c1ccc(C#N)cn1. The van der Waals surface area contributed by atoms with E-state index in [0.29, 0.717) is 17.1 Å². The molecule has 2 aromatic heterocycles. The van der Waals surface area contributed by atoms with Gasteiger partial charge in [0.2, 0.25) is 0 Å². The van der Waals surface area contributed by atoms with Gasteiger partial charge in [-0.05, 0) is 50.2 Å². The summed E-state index contributed by atoms with van der Waals surface area (Å²) in [6, 6.07) is 5.54. The maximum atomic E-state index is 12.1. The molecule has 2 aliphatic carbocycles. The van der Waals surface area contributed by atoms with E-state index in [2.05, 4.69) is 16.0 Å². The molecule has 116 valence electrons. The summed E-state index contributed by atoms with van der Waals surface area (Å²) in [5.74, 6) is 3.25. The van der Waals surface area contributed by atoms with Crippen molar-refractivity contribution in [3.05, 3.63) is 50.8 Å². The Kier molecular flexibility index (Phi) is 3.24. The number of hydrogen-bond donors (Lipinski definition) is 0. The van der Waals surface area contributed by atoms with Gasteiger partial charge in [-0.25, -0.2) is 4.98 Å². The molecular formula is C17H15ClN4O. The van der Waals surface area contributed by atoms with Crippen LogP contribution in [-0.4, -0.2) is 14.5 Å². The third-order valence-electron chi connectivity index (χ3n) is 5.00. The predicted molar refractivity (Wildman–Crippen MR) is 85.7 cm³/mol. The van der Waals surface area contributed by atoms with Crippen molar-refractivity contribution >= 4 is 11.6 Å². The Bertz CT molecular complexity index is 871. The van der Waals surface area contributed by atoms with Crippen molar-refractivity contribution < 1.29 is 0 Å². The fourth-order valence-electron chi connectivity index (χ4n) is 3.70. The first-order valence-corrected chi connectivity index (χ1v) is 8.12. The van der Waals surface area contributed by atoms with Gasteiger partial charge in [0.1, 0.15) is 22.7 Å². The van der Waals surface area contributed by atoms with E-state index in [-0.39, 0.29) is 16.5 Å². The zero-order chi connectivity index (χ0) is 16.1. The average molecular weight is 327 g/mol. The first-order chi connectivity index (χ1) is 11.1. The second kappa shape index (κ2) is 5.17. The molecule has 0 radical (unpaired) electrons. The molecule has 0 saturated heterocycles. The van der Waals surface area contributed by atoms with Gasteiger partial charge in [-0.2, -0.15) is 10.2 Å². The molecule has 4 rings (SSSR count). The molecule has 2 fully saturated rings. The lowest BCUT2D eigenvalue weighted by molar-refractivity contribution is 0.563. The van der Waals surface area contributed by atoms with Gasteiger partial charge in [0.15, 0.2) is 0 Å². The average Bonchev–Trinajstić information content (AvgIpc) is 3.18. The first kappa shape index (κ1) is 14.4. The Balaban J connectivity index is 1.87. The van der Waals surface area contributed by atoms with Gasteiger partial charge >= 0.3 is 0 Å². The maximum absolute atomic E-state index is 12.1. The number of fused-ring (bicyclic) bond motifs is 1. The molecule has 2 unspecified atom stereocenters. The standard InChI is InChI=1S/C17H15ClN4O/c1-9-15(18)17(23)21-16(13-5-11-4-12(11)6-13)22(9)14-3-2-10(7-19)8-20-14/h2-3,8,11-13H,4-6H2,1H3. The Morgan fingerprint density at radius 1 is 1.30 bits per heavy atom. The van der Waals surface area contributed by atoms with Crippen LogP contribution in [0.15, 0.2) is 23.1 Å². The van der Waals surface area contributed by atoms with Gasteiger partial charge in [-0.15, -0.1) is 0 Å². The van der Waals surface area contributed by atoms with Crippen molar-refractivity contribution in [3.63, 3.8) is 0 Å². The molecule has 0 bridgehead atoms. The molecule has 23 heavy (non-hydrogen) atoms. The second-order valence-corrected chi connectivity index (χ2v) is 6.83. The summed E-state index contributed by atoms with van der Waals surface area (Å²) in [5, 5.41) is 9.05. The van der Waals surface area contributed by atoms with Crippen LogP contribution in [0.5, 0.6) is 0 Å². The van der Waals surface area contributed by atoms with E-state index in [1.165, 1.54) is 12.6 Å². The smallest absolute Gasteiger partial charge is 0.285 e. The van der Waals surface area contributed by atoms with E-state index in [1.54, 1.807) is 12.1 Å². The van der Waals surface area contributed by atoms with E-state index < -0.39 is 0 Å². The number of pyridine rings is 1. The lowest BCUT2D eigenvalue weighted by atomic mass is 10.0. The molecule has 0 N–H and O–H groups in total. The van der Waals surface area contributed by atoms with Gasteiger partial charge in [-0.3, -0.25) is 9.36 Å². The normalized spacial score (nSPS) is 25.0. The van der Waals surface area contributed by atoms with Crippen molar-refractivity contribution in [2.24, 2.45) is 11.8 Å². The van der Waals surface area contributed by atoms with Crippen molar-refractivity contribution in [1.82, 2.24) is 14.5 Å². The maximum Gasteiger partial charge on any atom is 0.291 e. The number of hydrogen-bond acceptors (Lipinski definition) is 4. The van der Waals surface area contributed by atoms with Crippen LogP contribution in [0.2, 0.25) is 5.02 Å². The monoisotopic (exact) mass is 326 g/mol. The number of nitrogens with zero attached hydrogens (tertiary/aromatic N) is 4. The third-order valence-corrected chi connectivity index (χ3v) is 5.44. The highest BCUT2D eigenvalue weighted by molar-refractivity contribution is 6.31. The molecule has 2 saturated carbocycles. The van der Waals surface area contributed by atoms with Gasteiger partial charge in [0.25, 0.3) is 5.56 Å². The second-order valence-electron chi connectivity index (χ2n) is 6.45. The van der Waals surface area contributed by atoms with Crippen LogP contribution in [0.4, 0.5) is 0 Å². The minimum atomic E-state index is -0.371. The minimum Gasteiger partial charge on any atom is -0.285 e. The molecular weight excluding hydrogens is 312 g/mol. The van der Waals surface area contributed by atoms with Crippen molar-refractivity contribution in [2.45, 2.75) is 32.1 Å². The number of nitriles is 1. The Morgan fingerprint density at radius 3 is 2.65 bits per heavy atom. The van der Waals surface area contributed by atoms with Crippen molar-refractivity contribution in [2.75, 3.05) is 0 Å². The fraction of sp³-hybridized carbons (Fsp3) is 0.412. The molecule has 5 nitrogen and oxygen atoms in total. The van der Waals surface area contributed by atoms with Crippen molar-refractivity contribution in [3.8, 4) is 11.9 Å². The van der Waals surface area contributed by atoms with Crippen LogP contribution in [0.1, 0.15) is 42.3 Å². The largest absolute Gasteiger partial charge is 0.291 e. The molecule has 2 heterocycles. The molecule has 6 heteroatoms. The first-order valence-electron chi connectivity index (χ1n) is 7.74. The fourth-order valence-corrected chi connectivity index (χ4v) is 3.83. The minimum absolute atomic E-state index is 0.128. The van der Waals surface area contributed by atoms with Crippen LogP contribution < -0.4 is 5.56 Å². The molecule has 0 amide bonds. The van der Waals surface area contributed by atoms with E-state index in [4.69, 9.17) is 16.9 Å². The van der Waals surface area contributed by atoms with Crippen LogP contribution in [-0.2, 0) is 0 Å². The topological polar surface area (TPSA) is 71.6 Å². The molecule has 0 aromatic carbocycles. The Labute approximate surface area is 138 Å². The number of rotatable bonds is 2. The van der Waals surface area contributed by atoms with Crippen molar-refractivity contribution in [1.29, 1.82) is 5.26 Å². The molecule has 2 aliphatic rings. The zero-order valence-electron chi connectivity index (χ0n) is 12.7. The Morgan fingerprint density at radius 2 is 2.04 bits per heavy atom. The van der Waals surface area contributed by atoms with Gasteiger partial charge in [0, 0.05) is 17.8 Å². The van der Waals surface area contributed by atoms with Gasteiger partial charge in [0.05, 0.1) is 5.56 Å². The molecule has 0 spiro atoms.